The highest BCUT2D eigenvalue weighted by atomic mass is 35.5. The first kappa shape index (κ1) is 49.7. The Labute approximate surface area is 410 Å². The zero-order chi connectivity index (χ0) is 48.8. The van der Waals surface area contributed by atoms with Gasteiger partial charge < -0.3 is 35.0 Å². The number of aromatic nitrogens is 1. The van der Waals surface area contributed by atoms with Gasteiger partial charge in [0.25, 0.3) is 5.91 Å². The summed E-state index contributed by atoms with van der Waals surface area (Å²) in [5.41, 5.74) is 5.54. The summed E-state index contributed by atoms with van der Waals surface area (Å²) in [5, 5.41) is 26.1. The number of thiocarbonyl (C=S) groups is 1. The molecule has 3 heterocycles. The molecule has 3 N–H and O–H groups in total. The number of hydrogen-bond donors (Lipinski definition) is 3. The van der Waals surface area contributed by atoms with Gasteiger partial charge in [0.2, 0.25) is 17.7 Å². The number of anilines is 2. The van der Waals surface area contributed by atoms with Crippen LogP contribution in [0.15, 0.2) is 103 Å². The molecule has 2 fully saturated rings. The summed E-state index contributed by atoms with van der Waals surface area (Å²) in [6.45, 7) is 9.89. The predicted octanol–water partition coefficient (Wildman–Crippen LogP) is 7.90. The molecule has 1 unspecified atom stereocenters. The Balaban J connectivity index is 0.831. The monoisotopic (exact) mass is 975 g/mol. The normalized spacial score (nSPS) is 17.2. The number of unbranched alkanes of at least 4 members (excludes halogenated alkanes) is 1. The van der Waals surface area contributed by atoms with Crippen molar-refractivity contribution in [3.63, 3.8) is 0 Å². The highest BCUT2D eigenvalue weighted by molar-refractivity contribution is 7.81. The van der Waals surface area contributed by atoms with Crippen LogP contribution in [0.3, 0.4) is 0 Å². The molecule has 0 saturated carbocycles. The Morgan fingerprint density at radius 3 is 2.25 bits per heavy atom. The van der Waals surface area contributed by atoms with Crippen LogP contribution < -0.4 is 25.2 Å². The maximum Gasteiger partial charge on any atom is 0.259 e. The standard InChI is InChI=1S/C51H54ClN7O7S2/c1-50(2,3)45(47(63)57-29-39(60)25-42(57)46(62)55-27-32-8-10-35(11-9-32)43-28-54-31-68-43)56-44(61)30-65-22-6-7-23-66-40-20-15-34(16-21-40)33-12-17-37(18-13-33)59-49(67)58(48(64)51(59,4)5)38-19-14-36(26-53)41(52)24-38/h8-21,24,28,31,39,42,45,60H,6-7,22-23,25,27,29-30H2,1-5H3,(H,55,62)(H,56,61)/t39-,42+,45?/m1/s1. The second-order valence-electron chi connectivity index (χ2n) is 18.3. The number of carbonyl (C=O) groups is 4. The number of amides is 4. The summed E-state index contributed by atoms with van der Waals surface area (Å²) in [7, 11) is 0. The van der Waals surface area contributed by atoms with Gasteiger partial charge >= 0.3 is 0 Å². The Morgan fingerprint density at radius 1 is 0.971 bits per heavy atom. The quantitative estimate of drug-likeness (QED) is 0.0610. The van der Waals surface area contributed by atoms with E-state index in [-0.39, 0.29) is 43.0 Å². The van der Waals surface area contributed by atoms with E-state index in [1.54, 1.807) is 41.2 Å². The molecule has 354 valence electrons. The van der Waals surface area contributed by atoms with Gasteiger partial charge in [-0.1, -0.05) is 80.9 Å². The van der Waals surface area contributed by atoms with Crippen LogP contribution in [0, 0.1) is 16.7 Å². The van der Waals surface area contributed by atoms with Gasteiger partial charge in [-0.2, -0.15) is 5.26 Å². The fourth-order valence-corrected chi connectivity index (χ4v) is 9.54. The third-order valence-electron chi connectivity index (χ3n) is 11.9. The van der Waals surface area contributed by atoms with Gasteiger partial charge in [0.15, 0.2) is 5.11 Å². The number of likely N-dealkylation sites (tertiary alicyclic amines) is 1. The molecule has 0 radical (unpaired) electrons. The Morgan fingerprint density at radius 2 is 1.62 bits per heavy atom. The molecular weight excluding hydrogens is 922 g/mol. The van der Waals surface area contributed by atoms with Crippen molar-refractivity contribution >= 4 is 75.3 Å². The number of nitrogens with zero attached hydrogens (tertiary/aromatic N) is 5. The first-order valence-electron chi connectivity index (χ1n) is 22.3. The van der Waals surface area contributed by atoms with E-state index in [1.807, 2.05) is 118 Å². The lowest BCUT2D eigenvalue weighted by Gasteiger charge is -2.35. The largest absolute Gasteiger partial charge is 0.494 e. The van der Waals surface area contributed by atoms with Gasteiger partial charge in [-0.25, -0.2) is 0 Å². The summed E-state index contributed by atoms with van der Waals surface area (Å²) in [6, 6.07) is 28.3. The lowest BCUT2D eigenvalue weighted by atomic mass is 9.85. The van der Waals surface area contributed by atoms with Gasteiger partial charge in [0.05, 0.1) is 39.4 Å². The van der Waals surface area contributed by atoms with E-state index < -0.39 is 41.0 Å². The van der Waals surface area contributed by atoms with Crippen LogP contribution in [-0.4, -0.2) is 93.8 Å². The molecule has 14 nitrogen and oxygen atoms in total. The first-order chi connectivity index (χ1) is 32.5. The third kappa shape index (κ3) is 11.4. The minimum Gasteiger partial charge on any atom is -0.494 e. The molecule has 2 saturated heterocycles. The van der Waals surface area contributed by atoms with E-state index in [2.05, 4.69) is 15.6 Å². The SMILES string of the molecule is CC(C)(C)C(NC(=O)COCCCCOc1ccc(-c2ccc(N3C(=S)N(c4ccc(C#N)c(Cl)c4)C(=O)C3(C)C)cc2)cc1)C(=O)N1C[C@H](O)C[C@H]1C(=O)NCc1ccc(-c2cncs2)cc1. The van der Waals surface area contributed by atoms with Crippen molar-refractivity contribution in [1.82, 2.24) is 20.5 Å². The molecule has 0 aliphatic carbocycles. The molecular formula is C51H54ClN7O7S2. The number of carbonyl (C=O) groups excluding carboxylic acids is 4. The number of nitrogens with one attached hydrogen (secondary N) is 2. The molecule has 5 aromatic rings. The maximum atomic E-state index is 14.0. The van der Waals surface area contributed by atoms with Crippen LogP contribution in [0.2, 0.25) is 5.02 Å². The van der Waals surface area contributed by atoms with Crippen molar-refractivity contribution in [2.45, 2.75) is 84.2 Å². The molecule has 1 aromatic heterocycles. The number of aliphatic hydroxyl groups is 1. The number of nitriles is 1. The molecule has 0 bridgehead atoms. The molecule has 7 rings (SSSR count). The van der Waals surface area contributed by atoms with Crippen LogP contribution in [-0.2, 0) is 30.5 Å². The number of thiazole rings is 1. The topological polar surface area (TPSA) is 177 Å². The zero-order valence-corrected chi connectivity index (χ0v) is 40.9. The molecule has 2 aliphatic heterocycles. The number of hydrogen-bond acceptors (Lipinski definition) is 11. The van der Waals surface area contributed by atoms with Crippen LogP contribution in [0.4, 0.5) is 11.4 Å². The molecule has 4 amide bonds. The van der Waals surface area contributed by atoms with Crippen molar-refractivity contribution < 1.29 is 33.8 Å². The van der Waals surface area contributed by atoms with Crippen molar-refractivity contribution in [1.29, 1.82) is 5.26 Å². The third-order valence-corrected chi connectivity index (χ3v) is 13.4. The smallest absolute Gasteiger partial charge is 0.259 e. The van der Waals surface area contributed by atoms with Crippen molar-refractivity contribution in [2.24, 2.45) is 5.41 Å². The number of β-amino-alcohol motifs (C(OH)–C–C–N with tert-alkyl or cyclic N) is 1. The number of halogens is 1. The van der Waals surface area contributed by atoms with E-state index in [9.17, 15) is 29.5 Å². The van der Waals surface area contributed by atoms with Crippen molar-refractivity contribution in [3.8, 4) is 33.4 Å². The van der Waals surface area contributed by atoms with E-state index in [0.717, 1.165) is 32.8 Å². The fourth-order valence-electron chi connectivity index (χ4n) is 8.17. The van der Waals surface area contributed by atoms with Crippen molar-refractivity contribution in [2.75, 3.05) is 36.2 Å². The highest BCUT2D eigenvalue weighted by Crippen LogP contribution is 2.38. The van der Waals surface area contributed by atoms with Crippen LogP contribution in [0.1, 0.15) is 65.0 Å². The minimum absolute atomic E-state index is 0.0154. The Bertz CT molecular complexity index is 2670. The Hall–Kier alpha value is -6.22. The number of ether oxygens (including phenoxy) is 2. The van der Waals surface area contributed by atoms with Crippen LogP contribution >= 0.6 is 35.2 Å². The summed E-state index contributed by atoms with van der Waals surface area (Å²) >= 11 is 13.6. The Kier molecular flexibility index (Phi) is 15.6. The van der Waals surface area contributed by atoms with Gasteiger partial charge in [0, 0.05) is 38.0 Å². The van der Waals surface area contributed by atoms with Crippen LogP contribution in [0.5, 0.6) is 5.75 Å². The summed E-state index contributed by atoms with van der Waals surface area (Å²) in [5.74, 6) is -0.769. The molecule has 0 spiro atoms. The predicted molar refractivity (Wildman–Crippen MR) is 267 cm³/mol. The fraction of sp³-hybridized carbons (Fsp3) is 0.353. The maximum absolute atomic E-state index is 14.0. The summed E-state index contributed by atoms with van der Waals surface area (Å²) < 4.78 is 11.6. The van der Waals surface area contributed by atoms with E-state index in [4.69, 9.17) is 33.3 Å². The molecule has 68 heavy (non-hydrogen) atoms. The average molecular weight is 977 g/mol. The second-order valence-corrected chi connectivity index (χ2v) is 20.0. The number of aliphatic hydroxyl groups excluding tert-OH is 1. The number of benzene rings is 4. The van der Waals surface area contributed by atoms with Gasteiger partial charge in [0.1, 0.15) is 36.0 Å². The lowest BCUT2D eigenvalue weighted by Crippen LogP contribution is -2.58. The highest BCUT2D eigenvalue weighted by Gasteiger charge is 2.50. The molecule has 3 atom stereocenters. The molecule has 4 aromatic carbocycles. The summed E-state index contributed by atoms with van der Waals surface area (Å²) in [6.07, 6.45) is 2.35. The lowest BCUT2D eigenvalue weighted by molar-refractivity contribution is -0.144. The summed E-state index contributed by atoms with van der Waals surface area (Å²) in [4.78, 5) is 63.9. The molecule has 17 heteroatoms. The van der Waals surface area contributed by atoms with E-state index >= 15 is 0 Å². The number of rotatable bonds is 17. The van der Waals surface area contributed by atoms with Gasteiger partial charge in [-0.15, -0.1) is 11.3 Å². The van der Waals surface area contributed by atoms with E-state index in [1.165, 1.54) is 9.80 Å². The van der Waals surface area contributed by atoms with E-state index in [0.29, 0.717) is 48.2 Å². The van der Waals surface area contributed by atoms with Crippen LogP contribution in [0.25, 0.3) is 21.6 Å². The minimum atomic E-state index is -0.970. The first-order valence-corrected chi connectivity index (χ1v) is 24.0. The zero-order valence-electron chi connectivity index (χ0n) is 38.5. The van der Waals surface area contributed by atoms with Gasteiger partial charge in [-0.05, 0) is 109 Å². The average Bonchev–Trinajstić information content (AvgIpc) is 4.04. The van der Waals surface area contributed by atoms with Crippen molar-refractivity contribution in [3.05, 3.63) is 119 Å². The molecule has 2 aliphatic rings. The van der Waals surface area contributed by atoms with Gasteiger partial charge in [-0.3, -0.25) is 29.1 Å². The second kappa shape index (κ2) is 21.4.